The van der Waals surface area contributed by atoms with E-state index in [9.17, 15) is 5.11 Å². The number of nitrogens with zero attached hydrogens (tertiary/aromatic N) is 3. The van der Waals surface area contributed by atoms with Crippen LogP contribution in [-0.2, 0) is 6.54 Å². The van der Waals surface area contributed by atoms with Crippen LogP contribution < -0.4 is 0 Å². The Balaban J connectivity index is 2.00. The Morgan fingerprint density at radius 2 is 1.91 bits per heavy atom. The monoisotopic (exact) mass is 293 g/mol. The molecule has 0 saturated carbocycles. The number of phenols is 1. The van der Waals surface area contributed by atoms with Gasteiger partial charge in [-0.15, -0.1) is 0 Å². The van der Waals surface area contributed by atoms with Crippen molar-refractivity contribution in [1.29, 1.82) is 0 Å². The molecule has 0 aliphatic heterocycles. The van der Waals surface area contributed by atoms with Gasteiger partial charge < -0.3 is 9.67 Å². The molecule has 3 rings (SSSR count). The number of benzene rings is 2. The quantitative estimate of drug-likeness (QED) is 0.713. The fourth-order valence-electron chi connectivity index (χ4n) is 2.42. The highest BCUT2D eigenvalue weighted by Gasteiger charge is 2.08. The second kappa shape index (κ2) is 6.43. The standard InChI is InChI=1S/C18H19N3O/c1-2-3-12-21-16-10-6-5-9-15(16)20-18(21)19-13-14-8-4-7-11-17(14)22/h4-11,13,22H,2-3,12H2,1H3/b19-13+. The molecule has 1 N–H and O–H groups in total. The van der Waals surface area contributed by atoms with Crippen LogP contribution >= 0.6 is 0 Å². The molecule has 0 fully saturated rings. The number of rotatable bonds is 5. The molecular weight excluding hydrogens is 274 g/mol. The highest BCUT2D eigenvalue weighted by atomic mass is 16.3. The molecule has 0 bridgehead atoms. The van der Waals surface area contributed by atoms with Gasteiger partial charge in [0.15, 0.2) is 0 Å². The molecule has 112 valence electrons. The van der Waals surface area contributed by atoms with Crippen LogP contribution in [0.25, 0.3) is 11.0 Å². The van der Waals surface area contributed by atoms with Gasteiger partial charge in [-0.25, -0.2) is 9.98 Å². The summed E-state index contributed by atoms with van der Waals surface area (Å²) in [5, 5.41) is 9.82. The number of unbranched alkanes of at least 4 members (excludes halogenated alkanes) is 1. The summed E-state index contributed by atoms with van der Waals surface area (Å²) in [4.78, 5) is 9.09. The molecule has 4 heteroatoms. The molecule has 0 aliphatic carbocycles. The zero-order valence-corrected chi connectivity index (χ0v) is 12.6. The van der Waals surface area contributed by atoms with E-state index in [1.165, 1.54) is 0 Å². The first kappa shape index (κ1) is 14.3. The maximum absolute atomic E-state index is 9.82. The van der Waals surface area contributed by atoms with Crippen molar-refractivity contribution >= 4 is 23.2 Å². The van der Waals surface area contributed by atoms with E-state index < -0.39 is 0 Å². The average Bonchev–Trinajstić information content (AvgIpc) is 2.90. The van der Waals surface area contributed by atoms with E-state index in [4.69, 9.17) is 0 Å². The van der Waals surface area contributed by atoms with E-state index in [0.29, 0.717) is 11.5 Å². The molecule has 1 aromatic heterocycles. The van der Waals surface area contributed by atoms with Crippen molar-refractivity contribution in [3.05, 3.63) is 54.1 Å². The second-order valence-electron chi connectivity index (χ2n) is 5.22. The van der Waals surface area contributed by atoms with Crippen LogP contribution in [0.2, 0.25) is 0 Å². The van der Waals surface area contributed by atoms with Gasteiger partial charge in [0, 0.05) is 18.3 Å². The van der Waals surface area contributed by atoms with Gasteiger partial charge in [0.2, 0.25) is 5.95 Å². The first-order valence-corrected chi connectivity index (χ1v) is 7.57. The van der Waals surface area contributed by atoms with Crippen molar-refractivity contribution < 1.29 is 5.11 Å². The van der Waals surface area contributed by atoms with Crippen molar-refractivity contribution in [2.24, 2.45) is 4.99 Å². The molecule has 0 spiro atoms. The Morgan fingerprint density at radius 1 is 1.14 bits per heavy atom. The van der Waals surface area contributed by atoms with E-state index in [-0.39, 0.29) is 5.75 Å². The first-order chi connectivity index (χ1) is 10.8. The van der Waals surface area contributed by atoms with Gasteiger partial charge in [0.25, 0.3) is 0 Å². The molecule has 22 heavy (non-hydrogen) atoms. The van der Waals surface area contributed by atoms with Crippen LogP contribution in [0.3, 0.4) is 0 Å². The Hall–Kier alpha value is -2.62. The zero-order chi connectivity index (χ0) is 15.4. The molecular formula is C18H19N3O. The highest BCUT2D eigenvalue weighted by molar-refractivity contribution is 5.86. The largest absolute Gasteiger partial charge is 0.507 e. The molecule has 3 aromatic rings. The van der Waals surface area contributed by atoms with Crippen molar-refractivity contribution in [2.75, 3.05) is 0 Å². The van der Waals surface area contributed by atoms with Crippen molar-refractivity contribution in [3.63, 3.8) is 0 Å². The summed E-state index contributed by atoms with van der Waals surface area (Å²) < 4.78 is 2.13. The van der Waals surface area contributed by atoms with Gasteiger partial charge in [-0.1, -0.05) is 37.6 Å². The predicted molar refractivity (Wildman–Crippen MR) is 90.0 cm³/mol. The van der Waals surface area contributed by atoms with E-state index in [0.717, 1.165) is 30.4 Å². The molecule has 4 nitrogen and oxygen atoms in total. The summed E-state index contributed by atoms with van der Waals surface area (Å²) in [6, 6.07) is 15.2. The fraction of sp³-hybridized carbons (Fsp3) is 0.222. The summed E-state index contributed by atoms with van der Waals surface area (Å²) in [7, 11) is 0. The predicted octanol–water partition coefficient (Wildman–Crippen LogP) is 4.29. The minimum atomic E-state index is 0.225. The molecule has 0 unspecified atom stereocenters. The average molecular weight is 293 g/mol. The van der Waals surface area contributed by atoms with Gasteiger partial charge >= 0.3 is 0 Å². The van der Waals surface area contributed by atoms with Crippen molar-refractivity contribution in [2.45, 2.75) is 26.3 Å². The lowest BCUT2D eigenvalue weighted by atomic mass is 10.2. The lowest BCUT2D eigenvalue weighted by Gasteiger charge is -2.05. The summed E-state index contributed by atoms with van der Waals surface area (Å²) in [5.74, 6) is 0.903. The third-order valence-electron chi connectivity index (χ3n) is 3.63. The minimum Gasteiger partial charge on any atom is -0.507 e. The Morgan fingerprint density at radius 3 is 2.73 bits per heavy atom. The van der Waals surface area contributed by atoms with Gasteiger partial charge in [-0.05, 0) is 30.7 Å². The summed E-state index contributed by atoms with van der Waals surface area (Å²) in [5.41, 5.74) is 2.74. The van der Waals surface area contributed by atoms with Gasteiger partial charge in [-0.3, -0.25) is 0 Å². The highest BCUT2D eigenvalue weighted by Crippen LogP contribution is 2.23. The number of hydrogen-bond acceptors (Lipinski definition) is 3. The van der Waals surface area contributed by atoms with Crippen LogP contribution in [0.15, 0.2) is 53.5 Å². The zero-order valence-electron chi connectivity index (χ0n) is 12.6. The Kier molecular flexibility index (Phi) is 4.19. The van der Waals surface area contributed by atoms with E-state index in [2.05, 4.69) is 27.5 Å². The van der Waals surface area contributed by atoms with Crippen LogP contribution in [-0.4, -0.2) is 20.9 Å². The Labute approximate surface area is 129 Å². The van der Waals surface area contributed by atoms with Crippen molar-refractivity contribution in [1.82, 2.24) is 9.55 Å². The third-order valence-corrected chi connectivity index (χ3v) is 3.63. The molecule has 0 amide bonds. The first-order valence-electron chi connectivity index (χ1n) is 7.57. The van der Waals surface area contributed by atoms with Crippen LogP contribution in [0.1, 0.15) is 25.3 Å². The lowest BCUT2D eigenvalue weighted by Crippen LogP contribution is -1.97. The SMILES string of the molecule is CCCCn1c(/N=C/c2ccccc2O)nc2ccccc21. The number of hydrogen-bond donors (Lipinski definition) is 1. The van der Waals surface area contributed by atoms with Crippen LogP contribution in [0.5, 0.6) is 5.75 Å². The summed E-state index contributed by atoms with van der Waals surface area (Å²) >= 11 is 0. The number of phenolic OH excluding ortho intramolecular Hbond substituents is 1. The van der Waals surface area contributed by atoms with E-state index in [1.807, 2.05) is 30.3 Å². The third kappa shape index (κ3) is 2.86. The smallest absolute Gasteiger partial charge is 0.230 e. The molecule has 0 atom stereocenters. The van der Waals surface area contributed by atoms with Gasteiger partial charge in [0.1, 0.15) is 5.75 Å². The number of aryl methyl sites for hydroxylation is 1. The maximum atomic E-state index is 9.82. The normalized spacial score (nSPS) is 11.5. The second-order valence-corrected chi connectivity index (χ2v) is 5.22. The molecule has 0 saturated heterocycles. The minimum absolute atomic E-state index is 0.225. The number of aliphatic imine (C=N–C) groups is 1. The van der Waals surface area contributed by atoms with Gasteiger partial charge in [0.05, 0.1) is 11.0 Å². The number of fused-ring (bicyclic) bond motifs is 1. The van der Waals surface area contributed by atoms with Crippen molar-refractivity contribution in [3.8, 4) is 5.75 Å². The topological polar surface area (TPSA) is 50.4 Å². The number of aromatic hydroxyl groups is 1. The van der Waals surface area contributed by atoms with E-state index >= 15 is 0 Å². The van der Waals surface area contributed by atoms with Crippen LogP contribution in [0, 0.1) is 0 Å². The fourth-order valence-corrected chi connectivity index (χ4v) is 2.42. The molecule has 1 heterocycles. The maximum Gasteiger partial charge on any atom is 0.230 e. The van der Waals surface area contributed by atoms with Gasteiger partial charge in [-0.2, -0.15) is 0 Å². The number of imidazole rings is 1. The number of aromatic nitrogens is 2. The molecule has 0 aliphatic rings. The summed E-state index contributed by atoms with van der Waals surface area (Å²) in [6.07, 6.45) is 3.87. The van der Waals surface area contributed by atoms with E-state index in [1.54, 1.807) is 18.3 Å². The molecule has 0 radical (unpaired) electrons. The summed E-state index contributed by atoms with van der Waals surface area (Å²) in [6.45, 7) is 3.06. The lowest BCUT2D eigenvalue weighted by molar-refractivity contribution is 0.474. The van der Waals surface area contributed by atoms with Crippen LogP contribution in [0.4, 0.5) is 5.95 Å². The number of para-hydroxylation sites is 3. The Bertz CT molecular complexity index is 805. The molecule has 2 aromatic carbocycles.